The van der Waals surface area contributed by atoms with Crippen LogP contribution in [0.3, 0.4) is 0 Å². The van der Waals surface area contributed by atoms with Gasteiger partial charge in [0.25, 0.3) is 5.91 Å². The van der Waals surface area contributed by atoms with Gasteiger partial charge in [-0.05, 0) is 50.8 Å². The Hall–Kier alpha value is -1.84. The molecule has 0 unspecified atom stereocenters. The monoisotopic (exact) mass is 383 g/mol. The fraction of sp³-hybridized carbons (Fsp3) is 0.318. The lowest BCUT2D eigenvalue weighted by Gasteiger charge is -2.46. The third kappa shape index (κ3) is 2.65. The molecule has 0 spiro atoms. The molecule has 4 rings (SSSR count). The van der Waals surface area contributed by atoms with E-state index in [0.29, 0.717) is 15.8 Å². The van der Waals surface area contributed by atoms with Crippen molar-refractivity contribution >= 4 is 44.6 Å². The number of amides is 1. The first kappa shape index (κ1) is 17.6. The van der Waals surface area contributed by atoms with E-state index >= 15 is 0 Å². The number of anilines is 1. The molecule has 3 aromatic rings. The summed E-state index contributed by atoms with van der Waals surface area (Å²) in [7, 11) is 0. The van der Waals surface area contributed by atoms with Crippen molar-refractivity contribution in [2.24, 2.45) is 0 Å². The standard InChI is InChI=1S/C22H22ClNOS/c1-13-9-10-17-16(11-13)14(2)12-22(3,4)24(17)21(25)20-19(23)15-7-5-6-8-18(15)26-20/h5-11,14H,12H2,1-4H3/t14-/m0/s1. The normalized spacial score (nSPS) is 18.8. The summed E-state index contributed by atoms with van der Waals surface area (Å²) in [5.41, 5.74) is 3.22. The van der Waals surface area contributed by atoms with E-state index < -0.39 is 0 Å². The molecule has 2 aromatic carbocycles. The van der Waals surface area contributed by atoms with Gasteiger partial charge in [0.2, 0.25) is 0 Å². The highest BCUT2D eigenvalue weighted by Gasteiger charge is 2.41. The number of hydrogen-bond acceptors (Lipinski definition) is 2. The van der Waals surface area contributed by atoms with Gasteiger partial charge in [-0.15, -0.1) is 11.3 Å². The predicted molar refractivity (Wildman–Crippen MR) is 112 cm³/mol. The van der Waals surface area contributed by atoms with Crippen LogP contribution < -0.4 is 4.90 Å². The van der Waals surface area contributed by atoms with Crippen molar-refractivity contribution in [1.29, 1.82) is 0 Å². The fourth-order valence-electron chi connectivity index (χ4n) is 4.19. The zero-order valence-corrected chi connectivity index (χ0v) is 17.0. The van der Waals surface area contributed by atoms with Crippen molar-refractivity contribution in [3.63, 3.8) is 0 Å². The third-order valence-corrected chi connectivity index (χ3v) is 6.96. The number of fused-ring (bicyclic) bond motifs is 2. The minimum absolute atomic E-state index is 0.00166. The smallest absolute Gasteiger partial charge is 0.270 e. The number of halogens is 1. The van der Waals surface area contributed by atoms with Crippen LogP contribution in [0.1, 0.15) is 53.9 Å². The number of thiophene rings is 1. The molecule has 2 nitrogen and oxygen atoms in total. The molecule has 0 saturated carbocycles. The van der Waals surface area contributed by atoms with Gasteiger partial charge in [-0.1, -0.05) is 54.4 Å². The molecule has 0 aliphatic carbocycles. The number of carbonyl (C=O) groups excluding carboxylic acids is 1. The Balaban J connectivity index is 1.88. The van der Waals surface area contributed by atoms with Crippen LogP contribution >= 0.6 is 22.9 Å². The first-order chi connectivity index (χ1) is 12.3. The number of nitrogens with zero attached hydrogens (tertiary/aromatic N) is 1. The first-order valence-electron chi connectivity index (χ1n) is 8.92. The zero-order chi connectivity index (χ0) is 18.6. The number of hydrogen-bond donors (Lipinski definition) is 0. The maximum atomic E-state index is 13.6. The van der Waals surface area contributed by atoms with E-state index in [1.165, 1.54) is 22.5 Å². The molecule has 1 atom stereocenters. The molecule has 4 heteroatoms. The van der Waals surface area contributed by atoms with Gasteiger partial charge in [0.1, 0.15) is 4.88 Å². The second kappa shape index (κ2) is 6.11. The van der Waals surface area contributed by atoms with Crippen molar-refractivity contribution in [2.75, 3.05) is 4.90 Å². The van der Waals surface area contributed by atoms with Gasteiger partial charge >= 0.3 is 0 Å². The van der Waals surface area contributed by atoms with Crippen molar-refractivity contribution in [2.45, 2.75) is 45.6 Å². The lowest BCUT2D eigenvalue weighted by Crippen LogP contribution is -2.51. The molecule has 134 valence electrons. The molecular weight excluding hydrogens is 362 g/mol. The Kier molecular flexibility index (Phi) is 4.13. The average molecular weight is 384 g/mol. The van der Waals surface area contributed by atoms with Crippen LogP contribution in [0.15, 0.2) is 42.5 Å². The maximum Gasteiger partial charge on any atom is 0.270 e. The number of aryl methyl sites for hydroxylation is 1. The Bertz CT molecular complexity index is 1020. The molecule has 2 heterocycles. The molecule has 1 aliphatic rings. The summed E-state index contributed by atoms with van der Waals surface area (Å²) >= 11 is 8.09. The SMILES string of the molecule is Cc1ccc2c(c1)[C@@H](C)CC(C)(C)N2C(=O)c1sc2ccccc2c1Cl. The van der Waals surface area contributed by atoms with E-state index in [0.717, 1.165) is 22.2 Å². The molecule has 26 heavy (non-hydrogen) atoms. The minimum Gasteiger partial charge on any atom is -0.302 e. The second-order valence-electron chi connectivity index (χ2n) is 7.86. The highest BCUT2D eigenvalue weighted by atomic mass is 35.5. The maximum absolute atomic E-state index is 13.6. The Morgan fingerprint density at radius 3 is 2.69 bits per heavy atom. The van der Waals surface area contributed by atoms with Gasteiger partial charge in [-0.2, -0.15) is 0 Å². The van der Waals surface area contributed by atoms with E-state index in [1.807, 2.05) is 29.2 Å². The van der Waals surface area contributed by atoms with Crippen LogP contribution in [0.4, 0.5) is 5.69 Å². The van der Waals surface area contributed by atoms with E-state index in [1.54, 1.807) is 0 Å². The molecular formula is C22H22ClNOS. The van der Waals surface area contributed by atoms with Gasteiger partial charge < -0.3 is 4.90 Å². The quantitative estimate of drug-likeness (QED) is 0.452. The third-order valence-electron chi connectivity index (χ3n) is 5.30. The van der Waals surface area contributed by atoms with Gasteiger partial charge in [0.15, 0.2) is 0 Å². The van der Waals surface area contributed by atoms with Gasteiger partial charge in [-0.25, -0.2) is 0 Å². The molecule has 0 fully saturated rings. The molecule has 0 bridgehead atoms. The van der Waals surface area contributed by atoms with Crippen LogP contribution in [0.5, 0.6) is 0 Å². The summed E-state index contributed by atoms with van der Waals surface area (Å²) in [5, 5.41) is 1.52. The molecule has 1 aliphatic heterocycles. The zero-order valence-electron chi connectivity index (χ0n) is 15.5. The highest BCUT2D eigenvalue weighted by Crippen LogP contribution is 2.46. The second-order valence-corrected chi connectivity index (χ2v) is 9.29. The molecule has 0 radical (unpaired) electrons. The van der Waals surface area contributed by atoms with Crippen molar-refractivity contribution in [3.8, 4) is 0 Å². The van der Waals surface area contributed by atoms with Crippen molar-refractivity contribution in [1.82, 2.24) is 0 Å². The highest BCUT2D eigenvalue weighted by molar-refractivity contribution is 7.21. The summed E-state index contributed by atoms with van der Waals surface area (Å²) in [6.07, 6.45) is 0.928. The first-order valence-corrected chi connectivity index (χ1v) is 10.1. The van der Waals surface area contributed by atoms with Crippen molar-refractivity contribution < 1.29 is 4.79 Å². The fourth-order valence-corrected chi connectivity index (χ4v) is 5.63. The van der Waals surface area contributed by atoms with E-state index in [9.17, 15) is 4.79 Å². The van der Waals surface area contributed by atoms with Gasteiger partial charge in [0, 0.05) is 21.3 Å². The number of rotatable bonds is 1. The average Bonchev–Trinajstić information content (AvgIpc) is 2.92. The summed E-state index contributed by atoms with van der Waals surface area (Å²) in [5.74, 6) is 0.417. The van der Waals surface area contributed by atoms with E-state index in [-0.39, 0.29) is 11.4 Å². The van der Waals surface area contributed by atoms with Crippen LogP contribution in [-0.2, 0) is 0 Å². The molecule has 1 amide bonds. The Labute approximate surface area is 163 Å². The lowest BCUT2D eigenvalue weighted by molar-refractivity contribution is 0.0958. The van der Waals surface area contributed by atoms with Gasteiger partial charge in [0.05, 0.1) is 5.02 Å². The summed E-state index contributed by atoms with van der Waals surface area (Å²) in [6, 6.07) is 14.3. The van der Waals surface area contributed by atoms with Gasteiger partial charge in [-0.3, -0.25) is 4.79 Å². The van der Waals surface area contributed by atoms with Crippen LogP contribution in [0.2, 0.25) is 5.02 Å². The van der Waals surface area contributed by atoms with E-state index in [4.69, 9.17) is 11.6 Å². The molecule has 0 saturated heterocycles. The summed E-state index contributed by atoms with van der Waals surface area (Å²) in [6.45, 7) is 8.63. The summed E-state index contributed by atoms with van der Waals surface area (Å²) in [4.78, 5) is 16.2. The number of carbonyl (C=O) groups is 1. The predicted octanol–water partition coefficient (Wildman–Crippen LogP) is 6.80. The lowest BCUT2D eigenvalue weighted by atomic mass is 9.79. The van der Waals surface area contributed by atoms with Crippen molar-refractivity contribution in [3.05, 3.63) is 63.5 Å². The number of benzene rings is 2. The molecule has 1 aromatic heterocycles. The minimum atomic E-state index is -0.266. The summed E-state index contributed by atoms with van der Waals surface area (Å²) < 4.78 is 1.05. The molecule has 0 N–H and O–H groups in total. The van der Waals surface area contributed by atoms with Crippen LogP contribution in [-0.4, -0.2) is 11.4 Å². The van der Waals surface area contributed by atoms with Crippen LogP contribution in [0, 0.1) is 6.92 Å². The van der Waals surface area contributed by atoms with Crippen LogP contribution in [0.25, 0.3) is 10.1 Å². The van der Waals surface area contributed by atoms with E-state index in [2.05, 4.69) is 45.9 Å². The Morgan fingerprint density at radius 1 is 1.23 bits per heavy atom. The Morgan fingerprint density at radius 2 is 1.96 bits per heavy atom. The largest absolute Gasteiger partial charge is 0.302 e. The topological polar surface area (TPSA) is 20.3 Å².